The van der Waals surface area contributed by atoms with E-state index in [1.54, 1.807) is 0 Å². The van der Waals surface area contributed by atoms with Crippen LogP contribution in [0.15, 0.2) is 35.1 Å². The second-order valence-corrected chi connectivity index (χ2v) is 3.03. The van der Waals surface area contributed by atoms with E-state index in [-0.39, 0.29) is 5.75 Å². The van der Waals surface area contributed by atoms with Crippen molar-refractivity contribution in [3.63, 3.8) is 0 Å². The smallest absolute Gasteiger partial charge is 0.161 e. The van der Waals surface area contributed by atoms with Crippen LogP contribution < -0.4 is 0 Å². The standard InChI is InChI=1S/C10H7NO2/c12-9-5-13-10-4-8-6(1-2-11-8)3-7(9)10/h1-5,11-12H. The minimum absolute atomic E-state index is 0.193. The predicted molar refractivity (Wildman–Crippen MR) is 49.7 cm³/mol. The SMILES string of the molecule is Oc1coc2cc3[nH]ccc3cc12. The number of aromatic nitrogens is 1. The van der Waals surface area contributed by atoms with Crippen molar-refractivity contribution in [1.29, 1.82) is 0 Å². The Morgan fingerprint density at radius 1 is 1.31 bits per heavy atom. The molecule has 3 heteroatoms. The Kier molecular flexibility index (Phi) is 1.05. The van der Waals surface area contributed by atoms with E-state index < -0.39 is 0 Å². The molecule has 2 N–H and O–H groups in total. The maximum absolute atomic E-state index is 9.40. The lowest BCUT2D eigenvalue weighted by Gasteiger charge is -1.90. The molecule has 2 aromatic heterocycles. The summed E-state index contributed by atoms with van der Waals surface area (Å²) in [5, 5.41) is 11.2. The Morgan fingerprint density at radius 2 is 2.23 bits per heavy atom. The summed E-state index contributed by atoms with van der Waals surface area (Å²) in [6.45, 7) is 0. The number of fused-ring (bicyclic) bond motifs is 2. The van der Waals surface area contributed by atoms with Gasteiger partial charge in [0.2, 0.25) is 0 Å². The van der Waals surface area contributed by atoms with E-state index in [2.05, 4.69) is 4.98 Å². The highest BCUT2D eigenvalue weighted by Gasteiger charge is 2.05. The van der Waals surface area contributed by atoms with E-state index in [0.29, 0.717) is 5.58 Å². The Morgan fingerprint density at radius 3 is 3.15 bits per heavy atom. The molecule has 0 atom stereocenters. The number of rotatable bonds is 0. The summed E-state index contributed by atoms with van der Waals surface area (Å²) in [6, 6.07) is 5.74. The van der Waals surface area contributed by atoms with Crippen LogP contribution in [-0.4, -0.2) is 10.1 Å². The summed E-state index contributed by atoms with van der Waals surface area (Å²) >= 11 is 0. The lowest BCUT2D eigenvalue weighted by atomic mass is 10.2. The van der Waals surface area contributed by atoms with Crippen molar-refractivity contribution in [1.82, 2.24) is 4.98 Å². The summed E-state index contributed by atoms with van der Waals surface area (Å²) in [5.41, 5.74) is 1.72. The third-order valence-electron chi connectivity index (χ3n) is 2.23. The molecule has 0 spiro atoms. The Hall–Kier alpha value is -1.90. The van der Waals surface area contributed by atoms with Gasteiger partial charge in [0, 0.05) is 23.2 Å². The topological polar surface area (TPSA) is 49.2 Å². The maximum Gasteiger partial charge on any atom is 0.161 e. The average molecular weight is 173 g/mol. The zero-order valence-corrected chi connectivity index (χ0v) is 6.74. The van der Waals surface area contributed by atoms with Gasteiger partial charge in [-0.3, -0.25) is 0 Å². The van der Waals surface area contributed by atoms with Crippen molar-refractivity contribution in [3.8, 4) is 5.75 Å². The molecule has 13 heavy (non-hydrogen) atoms. The fraction of sp³-hybridized carbons (Fsp3) is 0. The van der Waals surface area contributed by atoms with Gasteiger partial charge in [-0.2, -0.15) is 0 Å². The zero-order chi connectivity index (χ0) is 8.84. The van der Waals surface area contributed by atoms with Gasteiger partial charge in [0.25, 0.3) is 0 Å². The zero-order valence-electron chi connectivity index (χ0n) is 6.74. The second kappa shape index (κ2) is 2.07. The minimum atomic E-state index is 0.193. The number of hydrogen-bond donors (Lipinski definition) is 2. The summed E-state index contributed by atoms with van der Waals surface area (Å²) in [6.07, 6.45) is 3.21. The van der Waals surface area contributed by atoms with Crippen molar-refractivity contribution in [2.24, 2.45) is 0 Å². The molecule has 0 aliphatic carbocycles. The molecule has 3 aromatic rings. The van der Waals surface area contributed by atoms with Gasteiger partial charge in [0.15, 0.2) is 5.75 Å². The molecular weight excluding hydrogens is 166 g/mol. The molecule has 0 bridgehead atoms. The molecule has 0 saturated heterocycles. The first-order valence-electron chi connectivity index (χ1n) is 4.02. The van der Waals surface area contributed by atoms with Crippen LogP contribution in [0.2, 0.25) is 0 Å². The number of H-pyrrole nitrogens is 1. The van der Waals surface area contributed by atoms with E-state index in [4.69, 9.17) is 4.42 Å². The van der Waals surface area contributed by atoms with Gasteiger partial charge in [-0.05, 0) is 12.1 Å². The molecule has 0 fully saturated rings. The molecule has 3 rings (SSSR count). The van der Waals surface area contributed by atoms with Gasteiger partial charge in [-0.15, -0.1) is 0 Å². The Balaban J connectivity index is 2.59. The maximum atomic E-state index is 9.40. The highest BCUT2D eigenvalue weighted by Crippen LogP contribution is 2.30. The third-order valence-corrected chi connectivity index (χ3v) is 2.23. The van der Waals surface area contributed by atoms with Crippen molar-refractivity contribution < 1.29 is 9.52 Å². The van der Waals surface area contributed by atoms with E-state index in [1.807, 2.05) is 24.4 Å². The lowest BCUT2D eigenvalue weighted by molar-refractivity contribution is 0.464. The number of aromatic amines is 1. The summed E-state index contributed by atoms with van der Waals surface area (Å²) in [7, 11) is 0. The number of nitrogens with one attached hydrogen (secondary N) is 1. The first kappa shape index (κ1) is 6.60. The molecule has 3 nitrogen and oxygen atoms in total. The molecule has 0 aliphatic rings. The van der Waals surface area contributed by atoms with Gasteiger partial charge in [-0.25, -0.2) is 0 Å². The normalized spacial score (nSPS) is 11.4. The van der Waals surface area contributed by atoms with Gasteiger partial charge in [0.1, 0.15) is 11.8 Å². The van der Waals surface area contributed by atoms with Crippen LogP contribution in [0.1, 0.15) is 0 Å². The largest absolute Gasteiger partial charge is 0.504 e. The number of hydrogen-bond acceptors (Lipinski definition) is 2. The fourth-order valence-electron chi connectivity index (χ4n) is 1.56. The van der Waals surface area contributed by atoms with Crippen LogP contribution in [0.25, 0.3) is 21.9 Å². The molecule has 0 saturated carbocycles. The third kappa shape index (κ3) is 0.783. The molecule has 2 heterocycles. The predicted octanol–water partition coefficient (Wildman–Crippen LogP) is 2.62. The molecular formula is C10H7NO2. The van der Waals surface area contributed by atoms with Crippen LogP contribution >= 0.6 is 0 Å². The second-order valence-electron chi connectivity index (χ2n) is 3.03. The van der Waals surface area contributed by atoms with Crippen LogP contribution in [0.3, 0.4) is 0 Å². The molecule has 0 amide bonds. The summed E-state index contributed by atoms with van der Waals surface area (Å²) in [5.74, 6) is 0.193. The summed E-state index contributed by atoms with van der Waals surface area (Å²) < 4.78 is 5.16. The average Bonchev–Trinajstić information content (AvgIpc) is 2.70. The van der Waals surface area contributed by atoms with Gasteiger partial charge >= 0.3 is 0 Å². The van der Waals surface area contributed by atoms with Crippen molar-refractivity contribution in [2.45, 2.75) is 0 Å². The van der Waals surface area contributed by atoms with Crippen LogP contribution in [0.4, 0.5) is 0 Å². The monoisotopic (exact) mass is 173 g/mol. The van der Waals surface area contributed by atoms with E-state index >= 15 is 0 Å². The molecule has 0 aliphatic heterocycles. The van der Waals surface area contributed by atoms with Gasteiger partial charge in [0.05, 0.1) is 5.39 Å². The first-order chi connectivity index (χ1) is 6.34. The lowest BCUT2D eigenvalue weighted by Crippen LogP contribution is -1.67. The number of furan rings is 1. The molecule has 1 aromatic carbocycles. The summed E-state index contributed by atoms with van der Waals surface area (Å²) in [4.78, 5) is 3.08. The molecule has 0 radical (unpaired) electrons. The van der Waals surface area contributed by atoms with Crippen molar-refractivity contribution >= 4 is 21.9 Å². The van der Waals surface area contributed by atoms with Crippen LogP contribution in [-0.2, 0) is 0 Å². The van der Waals surface area contributed by atoms with Gasteiger partial charge < -0.3 is 14.5 Å². The van der Waals surface area contributed by atoms with Crippen LogP contribution in [0, 0.1) is 0 Å². The highest BCUT2D eigenvalue weighted by molar-refractivity contribution is 5.97. The first-order valence-corrected chi connectivity index (χ1v) is 4.02. The van der Waals surface area contributed by atoms with Crippen LogP contribution in [0.5, 0.6) is 5.75 Å². The fourth-order valence-corrected chi connectivity index (χ4v) is 1.56. The Bertz CT molecular complexity index is 577. The van der Waals surface area contributed by atoms with Crippen molar-refractivity contribution in [2.75, 3.05) is 0 Å². The number of aromatic hydroxyl groups is 1. The molecule has 64 valence electrons. The van der Waals surface area contributed by atoms with E-state index in [0.717, 1.165) is 16.3 Å². The van der Waals surface area contributed by atoms with E-state index in [9.17, 15) is 5.11 Å². The van der Waals surface area contributed by atoms with Gasteiger partial charge in [-0.1, -0.05) is 0 Å². The van der Waals surface area contributed by atoms with Crippen molar-refractivity contribution in [3.05, 3.63) is 30.7 Å². The number of benzene rings is 1. The minimum Gasteiger partial charge on any atom is -0.504 e. The van der Waals surface area contributed by atoms with E-state index in [1.165, 1.54) is 6.26 Å². The highest BCUT2D eigenvalue weighted by atomic mass is 16.4. The molecule has 0 unspecified atom stereocenters. The quantitative estimate of drug-likeness (QED) is 0.549. The Labute approximate surface area is 73.6 Å².